The van der Waals surface area contributed by atoms with E-state index >= 15 is 0 Å². The van der Waals surface area contributed by atoms with Gasteiger partial charge in [-0.3, -0.25) is 0 Å². The highest BCUT2D eigenvalue weighted by Gasteiger charge is 2.24. The first-order valence-electron chi connectivity index (χ1n) is 9.98. The van der Waals surface area contributed by atoms with Gasteiger partial charge in [-0.25, -0.2) is 9.37 Å². The lowest BCUT2D eigenvalue weighted by Gasteiger charge is -2.18. The number of aromatic nitrogens is 1. The fourth-order valence-electron chi connectivity index (χ4n) is 4.21. The van der Waals surface area contributed by atoms with E-state index in [-0.39, 0.29) is 18.2 Å². The predicted molar refractivity (Wildman–Crippen MR) is 125 cm³/mol. The molecule has 2 heterocycles. The zero-order valence-electron chi connectivity index (χ0n) is 16.9. The molecule has 0 fully saturated rings. The summed E-state index contributed by atoms with van der Waals surface area (Å²) in [5, 5.41) is 1.29. The number of pyridine rings is 1. The van der Waals surface area contributed by atoms with Crippen LogP contribution in [0, 0.1) is 11.7 Å². The second-order valence-electron chi connectivity index (χ2n) is 7.82. The Balaban J connectivity index is 0.00000218. The average molecular weight is 440 g/mol. The third-order valence-electron chi connectivity index (χ3n) is 5.81. The van der Waals surface area contributed by atoms with Crippen LogP contribution in [-0.4, -0.2) is 12.1 Å². The maximum absolute atomic E-state index is 13.4. The van der Waals surface area contributed by atoms with Gasteiger partial charge in [0.25, 0.3) is 0 Å². The number of hydrogen-bond acceptors (Lipinski definition) is 3. The van der Waals surface area contributed by atoms with Crippen molar-refractivity contribution >= 4 is 34.0 Å². The van der Waals surface area contributed by atoms with Crippen molar-refractivity contribution in [3.63, 3.8) is 0 Å². The topological polar surface area (TPSA) is 22.1 Å². The van der Waals surface area contributed by atoms with Crippen LogP contribution in [0.2, 0.25) is 0 Å². The first kappa shape index (κ1) is 20.8. The molecule has 2 aromatic carbocycles. The summed E-state index contributed by atoms with van der Waals surface area (Å²) in [6.45, 7) is 2.33. The largest absolute Gasteiger partial charge is 0.497 e. The van der Waals surface area contributed by atoms with Crippen LogP contribution in [0.5, 0.6) is 5.75 Å². The third-order valence-corrected chi connectivity index (χ3v) is 6.95. The van der Waals surface area contributed by atoms with E-state index < -0.39 is 0 Å². The monoisotopic (exact) mass is 439 g/mol. The Morgan fingerprint density at radius 3 is 2.43 bits per heavy atom. The summed E-state index contributed by atoms with van der Waals surface area (Å²) in [4.78, 5) is 7.55. The van der Waals surface area contributed by atoms with Gasteiger partial charge in [0.2, 0.25) is 0 Å². The Hall–Kier alpha value is -2.43. The van der Waals surface area contributed by atoms with Crippen LogP contribution < -0.4 is 4.74 Å². The van der Waals surface area contributed by atoms with E-state index in [1.54, 1.807) is 19.2 Å². The highest BCUT2D eigenvalue weighted by Crippen LogP contribution is 2.43. The van der Waals surface area contributed by atoms with Crippen molar-refractivity contribution in [3.05, 3.63) is 70.9 Å². The highest BCUT2D eigenvalue weighted by molar-refractivity contribution is 7.19. The minimum atomic E-state index is -0.231. The maximum atomic E-state index is 13.4. The molecule has 1 aliphatic carbocycles. The van der Waals surface area contributed by atoms with E-state index in [1.165, 1.54) is 39.9 Å². The summed E-state index contributed by atoms with van der Waals surface area (Å²) in [7, 11) is 1.68. The molecule has 0 bridgehead atoms. The van der Waals surface area contributed by atoms with Gasteiger partial charge in [-0.15, -0.1) is 23.7 Å². The Morgan fingerprint density at radius 2 is 1.73 bits per heavy atom. The van der Waals surface area contributed by atoms with Crippen molar-refractivity contribution in [2.75, 3.05) is 7.11 Å². The Bertz CT molecular complexity index is 1180. The number of rotatable bonds is 3. The summed E-state index contributed by atoms with van der Waals surface area (Å²) in [6.07, 6.45) is 3.46. The molecule has 0 saturated heterocycles. The van der Waals surface area contributed by atoms with E-state index in [0.717, 1.165) is 46.2 Å². The van der Waals surface area contributed by atoms with E-state index in [2.05, 4.69) is 25.1 Å². The number of hydrogen-bond donors (Lipinski definition) is 0. The molecule has 0 spiro atoms. The van der Waals surface area contributed by atoms with Crippen molar-refractivity contribution in [1.29, 1.82) is 0 Å². The molecular formula is C25H23ClFNOS. The van der Waals surface area contributed by atoms with Gasteiger partial charge in [-0.1, -0.05) is 19.1 Å². The van der Waals surface area contributed by atoms with Gasteiger partial charge in [-0.05, 0) is 84.3 Å². The van der Waals surface area contributed by atoms with Crippen molar-refractivity contribution < 1.29 is 9.13 Å². The lowest BCUT2D eigenvalue weighted by molar-refractivity contribution is 0.415. The minimum Gasteiger partial charge on any atom is -0.497 e. The van der Waals surface area contributed by atoms with Crippen LogP contribution in [0.1, 0.15) is 23.8 Å². The molecule has 1 unspecified atom stereocenters. The molecule has 2 nitrogen and oxygen atoms in total. The minimum absolute atomic E-state index is 0. The first-order valence-corrected chi connectivity index (χ1v) is 10.8. The van der Waals surface area contributed by atoms with Crippen LogP contribution in [0.25, 0.3) is 32.6 Å². The van der Waals surface area contributed by atoms with E-state index in [9.17, 15) is 4.39 Å². The number of nitrogens with zero attached hydrogens (tertiary/aromatic N) is 1. The molecule has 1 aliphatic rings. The Labute approximate surface area is 186 Å². The van der Waals surface area contributed by atoms with Gasteiger partial charge in [0, 0.05) is 15.8 Å². The maximum Gasteiger partial charge on any atom is 0.125 e. The second-order valence-corrected chi connectivity index (χ2v) is 8.91. The molecule has 2 aromatic heterocycles. The van der Waals surface area contributed by atoms with Gasteiger partial charge < -0.3 is 4.74 Å². The first-order chi connectivity index (χ1) is 14.1. The molecule has 4 aromatic rings. The van der Waals surface area contributed by atoms with Gasteiger partial charge >= 0.3 is 0 Å². The molecule has 0 saturated carbocycles. The fourth-order valence-corrected chi connectivity index (χ4v) is 5.62. The zero-order chi connectivity index (χ0) is 20.0. The van der Waals surface area contributed by atoms with Gasteiger partial charge in [0.1, 0.15) is 16.4 Å². The summed E-state index contributed by atoms with van der Waals surface area (Å²) in [5.41, 5.74) is 5.63. The molecule has 30 heavy (non-hydrogen) atoms. The molecule has 1 atom stereocenters. The number of thiophene rings is 1. The van der Waals surface area contributed by atoms with Gasteiger partial charge in [0.05, 0.1) is 12.8 Å². The number of benzene rings is 2. The SMILES string of the molecule is COc1ccc(-c2cc(-c3ccc(F)cc3)nc3sc4c(c23)CCC(C)C4)cc1.Cl. The van der Waals surface area contributed by atoms with E-state index in [1.807, 2.05) is 23.5 Å². The zero-order valence-corrected chi connectivity index (χ0v) is 18.6. The van der Waals surface area contributed by atoms with Gasteiger partial charge in [-0.2, -0.15) is 0 Å². The highest BCUT2D eigenvalue weighted by atomic mass is 35.5. The quantitative estimate of drug-likeness (QED) is 0.333. The van der Waals surface area contributed by atoms with E-state index in [4.69, 9.17) is 9.72 Å². The van der Waals surface area contributed by atoms with Gasteiger partial charge in [0.15, 0.2) is 0 Å². The lowest BCUT2D eigenvalue weighted by atomic mass is 9.87. The summed E-state index contributed by atoms with van der Waals surface area (Å²) in [6, 6.07) is 17.0. The number of halogens is 2. The number of ether oxygens (including phenoxy) is 1. The summed E-state index contributed by atoms with van der Waals surface area (Å²) in [5.74, 6) is 1.33. The molecule has 5 heteroatoms. The van der Waals surface area contributed by atoms with Crippen LogP contribution in [0.4, 0.5) is 4.39 Å². The van der Waals surface area contributed by atoms with Crippen LogP contribution in [-0.2, 0) is 12.8 Å². The number of fused-ring (bicyclic) bond motifs is 3. The molecule has 0 aliphatic heterocycles. The lowest BCUT2D eigenvalue weighted by Crippen LogP contribution is -2.08. The predicted octanol–water partition coefficient (Wildman–Crippen LogP) is 7.32. The number of methoxy groups -OCH3 is 1. The average Bonchev–Trinajstić information content (AvgIpc) is 3.11. The normalized spacial score (nSPS) is 15.5. The standard InChI is InChI=1S/C25H22FNOS.ClH/c1-15-3-12-20-23(13-15)29-25-24(20)21(16-6-10-19(28-2)11-7-16)14-22(27-25)17-4-8-18(26)9-5-17;/h4-11,14-15H,3,12-13H2,1-2H3;1H. The van der Waals surface area contributed by atoms with Crippen molar-refractivity contribution in [3.8, 4) is 28.1 Å². The Kier molecular flexibility index (Phi) is 5.81. The number of aryl methyl sites for hydroxylation is 1. The molecule has 0 amide bonds. The van der Waals surface area contributed by atoms with Crippen LogP contribution >= 0.6 is 23.7 Å². The molecule has 0 N–H and O–H groups in total. The van der Waals surface area contributed by atoms with Crippen molar-refractivity contribution in [2.45, 2.75) is 26.2 Å². The van der Waals surface area contributed by atoms with E-state index in [0.29, 0.717) is 0 Å². The smallest absolute Gasteiger partial charge is 0.125 e. The second kappa shape index (κ2) is 8.37. The summed E-state index contributed by atoms with van der Waals surface area (Å²) >= 11 is 1.82. The van der Waals surface area contributed by atoms with Crippen molar-refractivity contribution in [2.24, 2.45) is 5.92 Å². The molecule has 0 radical (unpaired) electrons. The van der Waals surface area contributed by atoms with Crippen LogP contribution in [0.15, 0.2) is 54.6 Å². The molecule has 154 valence electrons. The van der Waals surface area contributed by atoms with Crippen LogP contribution in [0.3, 0.4) is 0 Å². The summed E-state index contributed by atoms with van der Waals surface area (Å²) < 4.78 is 18.8. The third kappa shape index (κ3) is 3.70. The Morgan fingerprint density at radius 1 is 1.03 bits per heavy atom. The molecular weight excluding hydrogens is 417 g/mol. The van der Waals surface area contributed by atoms with Crippen molar-refractivity contribution in [1.82, 2.24) is 4.98 Å². The fraction of sp³-hybridized carbons (Fsp3) is 0.240. The molecule has 5 rings (SSSR count).